The normalized spacial score (nSPS) is 12.9. The van der Waals surface area contributed by atoms with Crippen molar-refractivity contribution in [2.75, 3.05) is 17.3 Å². The lowest BCUT2D eigenvalue weighted by Crippen LogP contribution is -2.17. The van der Waals surface area contributed by atoms with E-state index in [4.69, 9.17) is 11.6 Å². The van der Waals surface area contributed by atoms with Gasteiger partial charge in [-0.2, -0.15) is 11.8 Å². The fourth-order valence-electron chi connectivity index (χ4n) is 1.46. The summed E-state index contributed by atoms with van der Waals surface area (Å²) >= 11 is 9.42. The van der Waals surface area contributed by atoms with E-state index in [0.717, 1.165) is 26.1 Å². The van der Waals surface area contributed by atoms with E-state index in [1.165, 1.54) is 0 Å². The monoisotopic (exact) mass is 272 g/mol. The number of fused-ring (bicyclic) bond motifs is 1. The van der Waals surface area contributed by atoms with E-state index in [9.17, 15) is 0 Å². The molecule has 0 amide bonds. The van der Waals surface area contributed by atoms with Gasteiger partial charge in [0.05, 0.1) is 10.2 Å². The number of hydrogen-bond donors (Lipinski definition) is 1. The minimum Gasteiger partial charge on any atom is -0.358 e. The predicted octanol–water partition coefficient (Wildman–Crippen LogP) is 4.11. The summed E-state index contributed by atoms with van der Waals surface area (Å²) in [5.41, 5.74) is 1.01. The van der Waals surface area contributed by atoms with Crippen LogP contribution in [0.1, 0.15) is 6.92 Å². The number of thioether (sulfide) groups is 1. The fraction of sp³-hybridized carbons (Fsp3) is 0.364. The lowest BCUT2D eigenvalue weighted by atomic mass is 10.3. The Morgan fingerprint density at radius 2 is 2.38 bits per heavy atom. The summed E-state index contributed by atoms with van der Waals surface area (Å²) in [6.45, 7) is 2.16. The van der Waals surface area contributed by atoms with Crippen molar-refractivity contribution < 1.29 is 0 Å². The number of anilines is 1. The first-order valence-corrected chi connectivity index (χ1v) is 7.59. The molecule has 2 aromatic rings. The highest BCUT2D eigenvalue weighted by atomic mass is 35.5. The van der Waals surface area contributed by atoms with E-state index >= 15 is 0 Å². The molecular weight excluding hydrogens is 260 g/mol. The first-order valence-electron chi connectivity index (χ1n) is 5.00. The molecule has 1 aromatic heterocycles. The second-order valence-electron chi connectivity index (χ2n) is 3.63. The van der Waals surface area contributed by atoms with Crippen molar-refractivity contribution in [2.45, 2.75) is 13.0 Å². The van der Waals surface area contributed by atoms with E-state index in [-0.39, 0.29) is 0 Å². The van der Waals surface area contributed by atoms with Gasteiger partial charge in [0.1, 0.15) is 0 Å². The highest BCUT2D eigenvalue weighted by Crippen LogP contribution is 2.28. The van der Waals surface area contributed by atoms with Gasteiger partial charge >= 0.3 is 0 Å². The lowest BCUT2D eigenvalue weighted by molar-refractivity contribution is 0.912. The zero-order chi connectivity index (χ0) is 11.5. The van der Waals surface area contributed by atoms with Crippen LogP contribution >= 0.6 is 34.7 Å². The Morgan fingerprint density at radius 3 is 3.12 bits per heavy atom. The van der Waals surface area contributed by atoms with E-state index in [1.807, 2.05) is 30.0 Å². The number of hydrogen-bond acceptors (Lipinski definition) is 4. The maximum Gasteiger partial charge on any atom is 0.184 e. The van der Waals surface area contributed by atoms with Gasteiger partial charge in [0, 0.05) is 16.8 Å². The second-order valence-corrected chi connectivity index (χ2v) is 6.01. The van der Waals surface area contributed by atoms with Gasteiger partial charge in [-0.05, 0) is 31.4 Å². The quantitative estimate of drug-likeness (QED) is 0.907. The lowest BCUT2D eigenvalue weighted by Gasteiger charge is -2.09. The van der Waals surface area contributed by atoms with Crippen LogP contribution in [0.25, 0.3) is 10.2 Å². The van der Waals surface area contributed by atoms with Crippen molar-refractivity contribution in [3.8, 4) is 0 Å². The first-order chi connectivity index (χ1) is 7.69. The molecule has 86 valence electrons. The van der Waals surface area contributed by atoms with Crippen LogP contribution in [0.5, 0.6) is 0 Å². The van der Waals surface area contributed by atoms with E-state index in [1.54, 1.807) is 11.3 Å². The summed E-state index contributed by atoms with van der Waals surface area (Å²) in [5, 5.41) is 5.13. The van der Waals surface area contributed by atoms with E-state index in [2.05, 4.69) is 23.5 Å². The van der Waals surface area contributed by atoms with Gasteiger partial charge in [-0.3, -0.25) is 0 Å². The Hall–Kier alpha value is -0.450. The Labute approximate surface area is 108 Å². The van der Waals surface area contributed by atoms with Crippen LogP contribution in [0.2, 0.25) is 5.02 Å². The third kappa shape index (κ3) is 2.81. The molecule has 16 heavy (non-hydrogen) atoms. The minimum absolute atomic E-state index is 0.436. The van der Waals surface area contributed by atoms with Crippen LogP contribution < -0.4 is 5.32 Å². The third-order valence-electron chi connectivity index (χ3n) is 2.14. The van der Waals surface area contributed by atoms with Crippen molar-refractivity contribution in [2.24, 2.45) is 0 Å². The molecule has 0 saturated heterocycles. The van der Waals surface area contributed by atoms with Gasteiger partial charge in [-0.15, -0.1) is 0 Å². The number of aromatic nitrogens is 1. The van der Waals surface area contributed by atoms with Crippen LogP contribution in [-0.2, 0) is 0 Å². The van der Waals surface area contributed by atoms with E-state index < -0.39 is 0 Å². The van der Waals surface area contributed by atoms with Crippen molar-refractivity contribution in [1.29, 1.82) is 0 Å². The maximum atomic E-state index is 5.94. The molecule has 1 N–H and O–H groups in total. The van der Waals surface area contributed by atoms with E-state index in [0.29, 0.717) is 6.04 Å². The Balaban J connectivity index is 2.19. The summed E-state index contributed by atoms with van der Waals surface area (Å²) in [6.07, 6.45) is 2.11. The van der Waals surface area contributed by atoms with Gasteiger partial charge in [-0.1, -0.05) is 22.9 Å². The molecule has 1 atom stereocenters. The van der Waals surface area contributed by atoms with Crippen molar-refractivity contribution in [3.05, 3.63) is 23.2 Å². The zero-order valence-electron chi connectivity index (χ0n) is 9.16. The molecule has 0 fully saturated rings. The van der Waals surface area contributed by atoms with Crippen molar-refractivity contribution >= 4 is 50.0 Å². The molecular formula is C11H13ClN2S2. The minimum atomic E-state index is 0.436. The van der Waals surface area contributed by atoms with Gasteiger partial charge in [-0.25, -0.2) is 4.98 Å². The van der Waals surface area contributed by atoms with Crippen LogP contribution in [-0.4, -0.2) is 23.0 Å². The van der Waals surface area contributed by atoms with Gasteiger partial charge in [0.15, 0.2) is 5.13 Å². The largest absolute Gasteiger partial charge is 0.358 e. The number of nitrogens with one attached hydrogen (secondary N) is 1. The highest BCUT2D eigenvalue weighted by molar-refractivity contribution is 7.98. The molecule has 0 aliphatic carbocycles. The maximum absolute atomic E-state index is 5.94. The van der Waals surface area contributed by atoms with Crippen LogP contribution in [0.15, 0.2) is 18.2 Å². The first kappa shape index (κ1) is 12.0. The molecule has 0 aliphatic heterocycles. The summed E-state index contributed by atoms with van der Waals surface area (Å²) in [5.74, 6) is 1.08. The topological polar surface area (TPSA) is 24.9 Å². The third-order valence-corrected chi connectivity index (χ3v) is 4.15. The highest BCUT2D eigenvalue weighted by Gasteiger charge is 2.06. The fourth-order valence-corrected chi connectivity index (χ4v) is 3.30. The molecule has 2 rings (SSSR count). The molecule has 1 heterocycles. The van der Waals surface area contributed by atoms with Crippen molar-refractivity contribution in [1.82, 2.24) is 4.98 Å². The number of nitrogens with zero attached hydrogens (tertiary/aromatic N) is 1. The SMILES string of the molecule is CSCC(C)Nc1nc2ccc(Cl)cc2s1. The predicted molar refractivity (Wildman–Crippen MR) is 76.1 cm³/mol. The summed E-state index contributed by atoms with van der Waals surface area (Å²) in [7, 11) is 0. The molecule has 0 aliphatic rings. The summed E-state index contributed by atoms with van der Waals surface area (Å²) < 4.78 is 1.13. The zero-order valence-corrected chi connectivity index (χ0v) is 11.5. The molecule has 0 saturated carbocycles. The smallest absolute Gasteiger partial charge is 0.184 e. The Kier molecular flexibility index (Phi) is 3.95. The molecule has 0 spiro atoms. The van der Waals surface area contributed by atoms with Gasteiger partial charge in [0.25, 0.3) is 0 Å². The number of thiazole rings is 1. The number of benzene rings is 1. The molecule has 2 nitrogen and oxygen atoms in total. The van der Waals surface area contributed by atoms with Crippen LogP contribution in [0, 0.1) is 0 Å². The number of halogens is 1. The molecule has 1 unspecified atom stereocenters. The van der Waals surface area contributed by atoms with Gasteiger partial charge < -0.3 is 5.32 Å². The van der Waals surface area contributed by atoms with Gasteiger partial charge in [0.2, 0.25) is 0 Å². The standard InChI is InChI=1S/C11H13ClN2S2/c1-7(6-15-2)13-11-14-9-4-3-8(12)5-10(9)16-11/h3-5,7H,6H2,1-2H3,(H,13,14). The Bertz CT molecular complexity index is 484. The molecule has 5 heteroatoms. The number of rotatable bonds is 4. The average molecular weight is 273 g/mol. The van der Waals surface area contributed by atoms with Crippen molar-refractivity contribution in [3.63, 3.8) is 0 Å². The second kappa shape index (κ2) is 5.25. The molecule has 1 aromatic carbocycles. The summed E-state index contributed by atoms with van der Waals surface area (Å²) in [4.78, 5) is 4.52. The summed E-state index contributed by atoms with van der Waals surface area (Å²) in [6, 6.07) is 6.22. The molecule has 0 bridgehead atoms. The van der Waals surface area contributed by atoms with Crippen LogP contribution in [0.4, 0.5) is 5.13 Å². The van der Waals surface area contributed by atoms with Crippen LogP contribution in [0.3, 0.4) is 0 Å². The molecule has 0 radical (unpaired) electrons. The average Bonchev–Trinajstić information content (AvgIpc) is 2.59. The Morgan fingerprint density at radius 1 is 1.56 bits per heavy atom.